The molecule has 19 heavy (non-hydrogen) atoms. The second-order valence-corrected chi connectivity index (χ2v) is 5.15. The average molecular weight is 263 g/mol. The lowest BCUT2D eigenvalue weighted by molar-refractivity contribution is -0.143. The van der Waals surface area contributed by atoms with Crippen LogP contribution in [0.3, 0.4) is 0 Å². The maximum atomic E-state index is 11.9. The third-order valence-electron chi connectivity index (χ3n) is 3.68. The molecule has 0 bridgehead atoms. The zero-order valence-corrected chi connectivity index (χ0v) is 11.8. The van der Waals surface area contributed by atoms with Crippen molar-refractivity contribution in [2.45, 2.75) is 38.9 Å². The number of nitrogens with one attached hydrogen (secondary N) is 2. The molecule has 0 saturated carbocycles. The van der Waals surface area contributed by atoms with E-state index in [4.69, 9.17) is 10.5 Å². The molecule has 3 atom stereocenters. The van der Waals surface area contributed by atoms with Gasteiger partial charge < -0.3 is 10.5 Å². The van der Waals surface area contributed by atoms with E-state index in [-0.39, 0.29) is 18.1 Å². The summed E-state index contributed by atoms with van der Waals surface area (Å²) in [5.74, 6) is -0.433. The minimum atomic E-state index is -0.458. The van der Waals surface area contributed by atoms with E-state index in [1.54, 1.807) is 0 Å². The Hall–Kier alpha value is -1.43. The zero-order valence-electron chi connectivity index (χ0n) is 11.8. The summed E-state index contributed by atoms with van der Waals surface area (Å²) in [6, 6.07) is 3.77. The number of nitrogens with two attached hydrogens (primary N) is 1. The molecule has 1 aromatic carbocycles. The van der Waals surface area contributed by atoms with Crippen LogP contribution in [0.15, 0.2) is 12.1 Å². The van der Waals surface area contributed by atoms with Gasteiger partial charge in [-0.15, -0.1) is 0 Å². The highest BCUT2D eigenvalue weighted by molar-refractivity contribution is 5.78. The monoisotopic (exact) mass is 263 g/mol. The van der Waals surface area contributed by atoms with Crippen LogP contribution >= 0.6 is 0 Å². The van der Waals surface area contributed by atoms with E-state index in [0.29, 0.717) is 0 Å². The molecule has 0 aliphatic carbocycles. The summed E-state index contributed by atoms with van der Waals surface area (Å²) in [7, 11) is 1.39. The van der Waals surface area contributed by atoms with Crippen molar-refractivity contribution in [3.63, 3.8) is 0 Å². The second-order valence-electron chi connectivity index (χ2n) is 5.15. The van der Waals surface area contributed by atoms with Crippen molar-refractivity contribution >= 4 is 5.97 Å². The minimum Gasteiger partial charge on any atom is -0.468 e. The number of carbonyl (C=O) groups is 1. The van der Waals surface area contributed by atoms with Crippen LogP contribution in [0.5, 0.6) is 0 Å². The molecule has 0 aromatic heterocycles. The lowest BCUT2D eigenvalue weighted by atomic mass is 9.84. The first-order valence-corrected chi connectivity index (χ1v) is 6.38. The maximum absolute atomic E-state index is 11.9. The fourth-order valence-electron chi connectivity index (χ4n) is 2.97. The standard InChI is InChI=1S/C14H21N3O2/c1-7-5-8(2)10(9(3)6-7)11-12(14(18)19-4)16-17-13(11)15/h5-6,11-13,16-17H,15H2,1-4H3. The number of carbonyl (C=O) groups excluding carboxylic acids is 1. The molecule has 2 rings (SSSR count). The van der Waals surface area contributed by atoms with E-state index >= 15 is 0 Å². The highest BCUT2D eigenvalue weighted by atomic mass is 16.5. The number of rotatable bonds is 2. The van der Waals surface area contributed by atoms with Crippen molar-refractivity contribution in [1.29, 1.82) is 0 Å². The SMILES string of the molecule is COC(=O)C1NNC(N)C1c1c(C)cc(C)cc1C. The minimum absolute atomic E-state index is 0.131. The molecule has 1 aromatic rings. The van der Waals surface area contributed by atoms with Gasteiger partial charge in [0.2, 0.25) is 0 Å². The zero-order chi connectivity index (χ0) is 14.2. The van der Waals surface area contributed by atoms with Gasteiger partial charge in [0, 0.05) is 5.92 Å². The lowest BCUT2D eigenvalue weighted by Crippen LogP contribution is -2.39. The van der Waals surface area contributed by atoms with E-state index in [2.05, 4.69) is 43.8 Å². The molecule has 5 heteroatoms. The number of aryl methyl sites for hydroxylation is 3. The first-order valence-electron chi connectivity index (χ1n) is 6.38. The van der Waals surface area contributed by atoms with Gasteiger partial charge in [-0.1, -0.05) is 17.7 Å². The summed E-state index contributed by atoms with van der Waals surface area (Å²) in [5.41, 5.74) is 16.6. The Bertz CT molecular complexity index is 478. The van der Waals surface area contributed by atoms with Gasteiger partial charge >= 0.3 is 5.97 Å². The number of benzene rings is 1. The topological polar surface area (TPSA) is 76.4 Å². The Labute approximate surface area is 113 Å². The molecule has 104 valence electrons. The molecule has 3 unspecified atom stereocenters. The third kappa shape index (κ3) is 2.49. The van der Waals surface area contributed by atoms with Crippen molar-refractivity contribution in [1.82, 2.24) is 10.9 Å². The normalized spacial score (nSPS) is 26.5. The van der Waals surface area contributed by atoms with Crippen LogP contribution in [0.1, 0.15) is 28.2 Å². The number of hydrogen-bond donors (Lipinski definition) is 3. The summed E-state index contributed by atoms with van der Waals surface area (Å²) < 4.78 is 4.84. The summed E-state index contributed by atoms with van der Waals surface area (Å²) >= 11 is 0. The number of methoxy groups -OCH3 is 1. The van der Waals surface area contributed by atoms with Crippen molar-refractivity contribution in [3.8, 4) is 0 Å². The van der Waals surface area contributed by atoms with Gasteiger partial charge in [0.1, 0.15) is 6.04 Å². The Balaban J connectivity index is 2.46. The number of hydrogen-bond acceptors (Lipinski definition) is 5. The van der Waals surface area contributed by atoms with Crippen LogP contribution in [-0.2, 0) is 9.53 Å². The highest BCUT2D eigenvalue weighted by Gasteiger charge is 2.41. The van der Waals surface area contributed by atoms with Crippen LogP contribution in [0, 0.1) is 20.8 Å². The Morgan fingerprint density at radius 2 is 1.79 bits per heavy atom. The van der Waals surface area contributed by atoms with Crippen molar-refractivity contribution in [2.75, 3.05) is 7.11 Å². The van der Waals surface area contributed by atoms with Crippen molar-refractivity contribution in [2.24, 2.45) is 5.73 Å². The van der Waals surface area contributed by atoms with E-state index in [0.717, 1.165) is 16.7 Å². The summed E-state index contributed by atoms with van der Waals surface area (Å²) in [6.45, 7) is 6.16. The van der Waals surface area contributed by atoms with Crippen LogP contribution < -0.4 is 16.6 Å². The molecular weight excluding hydrogens is 242 g/mol. The van der Waals surface area contributed by atoms with Crippen LogP contribution in [0.25, 0.3) is 0 Å². The van der Waals surface area contributed by atoms with Crippen LogP contribution in [0.4, 0.5) is 0 Å². The predicted molar refractivity (Wildman–Crippen MR) is 73.4 cm³/mol. The van der Waals surface area contributed by atoms with Gasteiger partial charge in [-0.25, -0.2) is 10.9 Å². The molecule has 1 heterocycles. The molecule has 1 fully saturated rings. The first-order chi connectivity index (χ1) is 8.95. The maximum Gasteiger partial charge on any atom is 0.324 e. The van der Waals surface area contributed by atoms with E-state index < -0.39 is 6.04 Å². The van der Waals surface area contributed by atoms with Gasteiger partial charge in [0.15, 0.2) is 0 Å². The fourth-order valence-corrected chi connectivity index (χ4v) is 2.97. The van der Waals surface area contributed by atoms with Gasteiger partial charge in [-0.2, -0.15) is 0 Å². The number of esters is 1. The van der Waals surface area contributed by atoms with E-state index in [1.807, 2.05) is 0 Å². The molecule has 1 aliphatic rings. The Morgan fingerprint density at radius 3 is 2.32 bits per heavy atom. The molecule has 0 radical (unpaired) electrons. The van der Waals surface area contributed by atoms with Gasteiger partial charge in [-0.05, 0) is 37.5 Å². The fraction of sp³-hybridized carbons (Fsp3) is 0.500. The van der Waals surface area contributed by atoms with Crippen molar-refractivity contribution < 1.29 is 9.53 Å². The van der Waals surface area contributed by atoms with Crippen molar-refractivity contribution in [3.05, 3.63) is 34.4 Å². The number of hydrazine groups is 1. The van der Waals surface area contributed by atoms with Gasteiger partial charge in [0.05, 0.1) is 13.3 Å². The molecule has 4 N–H and O–H groups in total. The second kappa shape index (κ2) is 5.28. The van der Waals surface area contributed by atoms with Crippen LogP contribution in [-0.4, -0.2) is 25.3 Å². The molecule has 0 spiro atoms. The smallest absolute Gasteiger partial charge is 0.324 e. The molecule has 1 saturated heterocycles. The first kappa shape index (κ1) is 14.0. The average Bonchev–Trinajstić information content (AvgIpc) is 2.70. The molecular formula is C14H21N3O2. The Kier molecular flexibility index (Phi) is 3.89. The molecule has 1 aliphatic heterocycles. The summed E-state index contributed by atoms with van der Waals surface area (Å²) in [5, 5.41) is 0. The van der Waals surface area contributed by atoms with E-state index in [9.17, 15) is 4.79 Å². The third-order valence-corrected chi connectivity index (χ3v) is 3.68. The highest BCUT2D eigenvalue weighted by Crippen LogP contribution is 2.31. The Morgan fingerprint density at radius 1 is 1.21 bits per heavy atom. The van der Waals surface area contributed by atoms with Gasteiger partial charge in [-0.3, -0.25) is 4.79 Å². The summed E-state index contributed by atoms with van der Waals surface area (Å²) in [6.07, 6.45) is -0.316. The molecule has 5 nitrogen and oxygen atoms in total. The lowest BCUT2D eigenvalue weighted by Gasteiger charge is -2.24. The molecule has 0 amide bonds. The van der Waals surface area contributed by atoms with E-state index in [1.165, 1.54) is 12.7 Å². The summed E-state index contributed by atoms with van der Waals surface area (Å²) in [4.78, 5) is 11.9. The number of ether oxygens (including phenoxy) is 1. The quantitative estimate of drug-likeness (QED) is 0.682. The predicted octanol–water partition coefficient (Wildman–Crippen LogP) is 0.630. The van der Waals surface area contributed by atoms with Gasteiger partial charge in [0.25, 0.3) is 0 Å². The largest absolute Gasteiger partial charge is 0.468 e. The van der Waals surface area contributed by atoms with Crippen LogP contribution in [0.2, 0.25) is 0 Å².